The van der Waals surface area contributed by atoms with Gasteiger partial charge in [-0.3, -0.25) is 0 Å². The molecule has 30 aliphatic rings. The second-order valence-electron chi connectivity index (χ2n) is 21.6. The Morgan fingerprint density at radius 2 is 0.275 bits per heavy atom. The maximum atomic E-state index is 11.3. The molecule has 0 aromatic rings. The molecule has 30 saturated heterocycles. The van der Waals surface area contributed by atoms with Gasteiger partial charge in [-0.15, -0.1) is 0 Å². The van der Waals surface area contributed by atoms with Gasteiger partial charge in [0.05, 0.1) is 102 Å². The SMILES string of the molecule is OC[C@H]1O[C@@H]2O[C@H]3C[C@H](O)[C@@H](O[C@H]4C[C@H](O)[C@@H](O[C@H]5C[C@H](O)[C@@H](O[C@H]6C[C@H](O)[C@@H](O[C@H]7C[C@H](O)[C@@H](O[C@H]8C[C@H](O)[C@@H](O[C@H]9C[C@H](O)[C@@H](O[C@H]1C[C@@H]2O)O[C@@H]9CO)O[C@@H]8CO)O[C@@H]7CO)O[C@@H]6CO)O[C@@H]5CO)O[C@@H]4CO)O[C@@H]3CO. The molecule has 32 heteroatoms. The minimum Gasteiger partial charge on any atom is -0.394 e. The standard InChI is InChI=1S/C48H80O32/c49-9-33-25-1-17(57)41(73-33)66-26-3-19(59)43(75-34(26)10-50)68-28-5-21(61)45(77-36(28)12-52)70-30-7-23(63)47(79-38(30)14-54)72-32-8-24(64)48(80-40(32)16-56)71-31-6-22(62)46(78-39(31)15-55)69-29-4-20(60)44(76-37(29)13-53)67-27-2-18(58)42(65-25)74-35(27)11-51/h17-64H,1-16H2/t17-,18-,19-,20-,21-,22-,23-,24-,25-,26-,27-,28-,29-,30-,31-,32-,33+,34+,35+,36+,37+,38+,39+,40+,41-,42-,43-,44-,45-,46-,47-,48-/m0/s1. The third-order valence-electron chi connectivity index (χ3n) is 16.0. The van der Waals surface area contributed by atoms with Crippen molar-refractivity contribution in [2.75, 3.05) is 52.9 Å². The summed E-state index contributed by atoms with van der Waals surface area (Å²) in [6.07, 6.45) is -44.7. The van der Waals surface area contributed by atoms with Gasteiger partial charge in [0.15, 0.2) is 50.3 Å². The molecule has 30 aliphatic heterocycles. The molecule has 16 N–H and O–H groups in total. The van der Waals surface area contributed by atoms with Crippen molar-refractivity contribution in [3.63, 3.8) is 0 Å². The molecule has 464 valence electrons. The summed E-state index contributed by atoms with van der Waals surface area (Å²) in [6.45, 7) is -5.53. The lowest BCUT2D eigenvalue weighted by atomic mass is 9.98. The van der Waals surface area contributed by atoms with Gasteiger partial charge in [0.25, 0.3) is 0 Å². The van der Waals surface area contributed by atoms with Gasteiger partial charge in [0.1, 0.15) is 97.7 Å². The second-order valence-corrected chi connectivity index (χ2v) is 21.6. The van der Waals surface area contributed by atoms with Crippen LogP contribution >= 0.6 is 0 Å². The van der Waals surface area contributed by atoms with Crippen LogP contribution in [0.15, 0.2) is 0 Å². The molecule has 0 aliphatic carbocycles. The third-order valence-corrected chi connectivity index (χ3v) is 16.0. The maximum absolute atomic E-state index is 11.3. The van der Waals surface area contributed by atoms with Gasteiger partial charge in [-0.25, -0.2) is 0 Å². The van der Waals surface area contributed by atoms with Crippen molar-refractivity contribution in [2.24, 2.45) is 0 Å². The zero-order valence-corrected chi connectivity index (χ0v) is 43.5. The van der Waals surface area contributed by atoms with Crippen LogP contribution < -0.4 is 0 Å². The summed E-state index contributed by atoms with van der Waals surface area (Å²) < 4.78 is 95.5. The van der Waals surface area contributed by atoms with Gasteiger partial charge >= 0.3 is 0 Å². The number of rotatable bonds is 8. The van der Waals surface area contributed by atoms with E-state index in [9.17, 15) is 81.7 Å². The smallest absolute Gasteiger partial charge is 0.184 e. The molecule has 30 rings (SSSR count). The zero-order chi connectivity index (χ0) is 57.1. The van der Waals surface area contributed by atoms with Crippen LogP contribution in [0.25, 0.3) is 0 Å². The van der Waals surface area contributed by atoms with E-state index in [2.05, 4.69) is 0 Å². The topological polar surface area (TPSA) is 471 Å². The van der Waals surface area contributed by atoms with Gasteiger partial charge in [0, 0.05) is 51.4 Å². The zero-order valence-electron chi connectivity index (χ0n) is 43.5. The highest BCUT2D eigenvalue weighted by atomic mass is 16.8. The highest BCUT2D eigenvalue weighted by molar-refractivity contribution is 4.94. The van der Waals surface area contributed by atoms with E-state index in [1.165, 1.54) is 0 Å². The first-order valence-corrected chi connectivity index (χ1v) is 27.3. The van der Waals surface area contributed by atoms with E-state index in [0.717, 1.165) is 0 Å². The number of aliphatic hydroxyl groups is 16. The first kappa shape index (κ1) is 63.2. The molecule has 0 unspecified atom stereocenters. The van der Waals surface area contributed by atoms with Gasteiger partial charge < -0.3 is 157 Å². The third kappa shape index (κ3) is 14.4. The average Bonchev–Trinajstić information content (AvgIpc) is 3.43. The molecular weight excluding hydrogens is 1090 g/mol. The molecule has 32 atom stereocenters. The van der Waals surface area contributed by atoms with Crippen LogP contribution in [-0.2, 0) is 75.8 Å². The highest BCUT2D eigenvalue weighted by Crippen LogP contribution is 2.39. The molecule has 16 bridgehead atoms. The number of hydrogen-bond acceptors (Lipinski definition) is 32. The summed E-state index contributed by atoms with van der Waals surface area (Å²) >= 11 is 0. The Bertz CT molecular complexity index is 1490. The van der Waals surface area contributed by atoms with Crippen molar-refractivity contribution in [3.05, 3.63) is 0 Å². The fourth-order valence-corrected chi connectivity index (χ4v) is 11.6. The fraction of sp³-hybridized carbons (Fsp3) is 1.00. The summed E-state index contributed by atoms with van der Waals surface area (Å²) in [5.74, 6) is 0. The molecule has 32 nitrogen and oxygen atoms in total. The second kappa shape index (κ2) is 28.5. The Morgan fingerprint density at radius 3 is 0.362 bits per heavy atom. The maximum Gasteiger partial charge on any atom is 0.184 e. The Morgan fingerprint density at radius 1 is 0.175 bits per heavy atom. The lowest BCUT2D eigenvalue weighted by Crippen LogP contribution is -2.60. The summed E-state index contributed by atoms with van der Waals surface area (Å²) in [6, 6.07) is 0. The van der Waals surface area contributed by atoms with Gasteiger partial charge in [0.2, 0.25) is 0 Å². The van der Waals surface area contributed by atoms with Crippen molar-refractivity contribution in [1.82, 2.24) is 0 Å². The van der Waals surface area contributed by atoms with E-state index < -0.39 is 250 Å². The van der Waals surface area contributed by atoms with Gasteiger partial charge in [-0.1, -0.05) is 0 Å². The van der Waals surface area contributed by atoms with Crippen LogP contribution in [0.2, 0.25) is 0 Å². The predicted molar refractivity (Wildman–Crippen MR) is 250 cm³/mol. The van der Waals surface area contributed by atoms with Crippen molar-refractivity contribution in [3.8, 4) is 0 Å². The number of ether oxygens (including phenoxy) is 16. The van der Waals surface area contributed by atoms with Crippen LogP contribution in [0.3, 0.4) is 0 Å². The minimum absolute atomic E-state index is 0.267. The first-order valence-electron chi connectivity index (χ1n) is 27.3. The molecule has 80 heavy (non-hydrogen) atoms. The van der Waals surface area contributed by atoms with Crippen LogP contribution in [-0.4, -0.2) is 331 Å². The summed E-state index contributed by atoms with van der Waals surface area (Å²) in [4.78, 5) is 0. The Balaban J connectivity index is 0.909. The normalized spacial score (nSPS) is 52.2. The molecule has 30 heterocycles. The van der Waals surface area contributed by atoms with Gasteiger partial charge in [-0.05, 0) is 0 Å². The molecule has 0 aromatic carbocycles. The van der Waals surface area contributed by atoms with Crippen LogP contribution in [0.4, 0.5) is 0 Å². The summed E-state index contributed by atoms with van der Waals surface area (Å²) in [5, 5.41) is 173. The highest BCUT2D eigenvalue weighted by Gasteiger charge is 2.53. The Hall–Kier alpha value is -1.28. The van der Waals surface area contributed by atoms with Crippen molar-refractivity contribution in [1.29, 1.82) is 0 Å². The average molecular weight is 1170 g/mol. The molecule has 0 saturated carbocycles. The van der Waals surface area contributed by atoms with E-state index in [1.54, 1.807) is 0 Å². The van der Waals surface area contributed by atoms with Crippen molar-refractivity contribution >= 4 is 0 Å². The summed E-state index contributed by atoms with van der Waals surface area (Å²) in [5.41, 5.74) is 0. The number of hydrogen-bond donors (Lipinski definition) is 16. The van der Waals surface area contributed by atoms with E-state index >= 15 is 0 Å². The largest absolute Gasteiger partial charge is 0.394 e. The number of aliphatic hydroxyl groups excluding tert-OH is 16. The van der Waals surface area contributed by atoms with E-state index in [1.807, 2.05) is 0 Å². The fourth-order valence-electron chi connectivity index (χ4n) is 11.6. The van der Waals surface area contributed by atoms with Crippen LogP contribution in [0, 0.1) is 0 Å². The van der Waals surface area contributed by atoms with Crippen LogP contribution in [0.5, 0.6) is 0 Å². The lowest BCUT2D eigenvalue weighted by Gasteiger charge is -2.47. The quantitative estimate of drug-likeness (QED) is 0.107. The molecule has 30 fully saturated rings. The Kier molecular flexibility index (Phi) is 22.5. The van der Waals surface area contributed by atoms with Gasteiger partial charge in [-0.2, -0.15) is 0 Å². The van der Waals surface area contributed by atoms with Crippen LogP contribution in [0.1, 0.15) is 51.4 Å². The monoisotopic (exact) mass is 1170 g/mol. The molecular formula is C48H80O32. The molecule has 0 aromatic heterocycles. The van der Waals surface area contributed by atoms with Crippen molar-refractivity contribution in [2.45, 2.75) is 248 Å². The molecule has 0 radical (unpaired) electrons. The minimum atomic E-state index is -1.48. The van der Waals surface area contributed by atoms with E-state index in [0.29, 0.717) is 0 Å². The molecule has 0 spiro atoms. The molecule has 0 amide bonds. The summed E-state index contributed by atoms with van der Waals surface area (Å²) in [7, 11) is 0. The lowest BCUT2D eigenvalue weighted by molar-refractivity contribution is -0.373. The van der Waals surface area contributed by atoms with E-state index in [4.69, 9.17) is 75.8 Å². The Labute approximate surface area is 457 Å². The first-order chi connectivity index (χ1) is 38.5. The van der Waals surface area contributed by atoms with Crippen molar-refractivity contribution < 1.29 is 157 Å². The van der Waals surface area contributed by atoms with E-state index in [-0.39, 0.29) is 51.4 Å². The predicted octanol–water partition coefficient (Wildman–Crippen LogP) is -9.17.